The van der Waals surface area contributed by atoms with Crippen LogP contribution in [0, 0.1) is 0 Å². The van der Waals surface area contributed by atoms with Crippen LogP contribution < -0.4 is 0 Å². The lowest BCUT2D eigenvalue weighted by molar-refractivity contribution is 0.472. The van der Waals surface area contributed by atoms with Crippen LogP contribution in [0.2, 0.25) is 0 Å². The largest absolute Gasteiger partial charge is 0.516 e. The van der Waals surface area contributed by atoms with Crippen LogP contribution in [0.4, 0.5) is 0 Å². The van der Waals surface area contributed by atoms with E-state index in [1.807, 2.05) is 0 Å². The zero-order chi connectivity index (χ0) is 5.91. The highest BCUT2D eigenvalue weighted by molar-refractivity contribution is 9.39. The third kappa shape index (κ3) is 6.98. The number of allylic oxidation sites excluding steroid dienone is 1. The summed E-state index contributed by atoms with van der Waals surface area (Å²) in [5.41, 5.74) is 0. The lowest BCUT2D eigenvalue weighted by Crippen LogP contribution is -1.89. The Morgan fingerprint density at radius 2 is 1.71 bits per heavy atom. The van der Waals surface area contributed by atoms with Crippen molar-refractivity contribution in [2.45, 2.75) is 2.14 Å². The zero-order valence-corrected chi connectivity index (χ0v) is 7.99. The zero-order valence-electron chi connectivity index (χ0n) is 3.24. The fourth-order valence-corrected chi connectivity index (χ4v) is 0.439. The molecule has 42 valence electrons. The Labute approximate surface area is 67.2 Å². The summed E-state index contributed by atoms with van der Waals surface area (Å²) in [6, 6.07) is 0. The highest BCUT2D eigenvalue weighted by Gasteiger charge is 2.10. The van der Waals surface area contributed by atoms with Crippen LogP contribution in [0.1, 0.15) is 0 Å². The average molecular weight is 295 g/mol. The predicted molar refractivity (Wildman–Crippen MR) is 41.3 cm³/mol. The third-order valence-corrected chi connectivity index (χ3v) is 1.06. The molecule has 0 aliphatic carbocycles. The maximum atomic E-state index is 8.13. The van der Waals surface area contributed by atoms with E-state index in [4.69, 9.17) is 5.11 Å². The van der Waals surface area contributed by atoms with E-state index >= 15 is 0 Å². The van der Waals surface area contributed by atoms with E-state index in [2.05, 4.69) is 47.8 Å². The molecule has 0 atom stereocenters. The molecule has 4 heteroatoms. The molecular weight excluding hydrogens is 292 g/mol. The van der Waals surface area contributed by atoms with Gasteiger partial charge in [0.05, 0.1) is 6.26 Å². The first kappa shape index (κ1) is 7.98. The predicted octanol–water partition coefficient (Wildman–Crippen LogP) is 2.90. The number of alkyl halides is 3. The lowest BCUT2D eigenvalue weighted by atomic mass is 10.7. The van der Waals surface area contributed by atoms with Gasteiger partial charge in [0.25, 0.3) is 0 Å². The SMILES string of the molecule is OC=CC(Br)(Br)Br. The van der Waals surface area contributed by atoms with E-state index in [9.17, 15) is 0 Å². The molecule has 0 aliphatic rings. The second kappa shape index (κ2) is 3.10. The molecule has 0 amide bonds. The summed E-state index contributed by atoms with van der Waals surface area (Å²) in [5.74, 6) is 0. The van der Waals surface area contributed by atoms with E-state index in [1.165, 1.54) is 6.08 Å². The summed E-state index contributed by atoms with van der Waals surface area (Å²) in [7, 11) is 0. The van der Waals surface area contributed by atoms with Crippen molar-refractivity contribution in [1.82, 2.24) is 0 Å². The molecule has 0 aromatic rings. The number of hydrogen-bond donors (Lipinski definition) is 1. The van der Waals surface area contributed by atoms with Gasteiger partial charge < -0.3 is 5.11 Å². The highest BCUT2D eigenvalue weighted by Crippen LogP contribution is 2.34. The number of hydrogen-bond acceptors (Lipinski definition) is 1. The molecule has 0 saturated carbocycles. The van der Waals surface area contributed by atoms with Crippen molar-refractivity contribution in [1.29, 1.82) is 0 Å². The topological polar surface area (TPSA) is 20.2 Å². The Bertz CT molecular complexity index is 72.7. The molecule has 0 bridgehead atoms. The summed E-state index contributed by atoms with van der Waals surface area (Å²) >= 11 is 9.38. The first-order valence-electron chi connectivity index (χ1n) is 1.45. The Balaban J connectivity index is 3.56. The van der Waals surface area contributed by atoms with Gasteiger partial charge in [-0.3, -0.25) is 0 Å². The van der Waals surface area contributed by atoms with Gasteiger partial charge in [0, 0.05) is 0 Å². The Hall–Kier alpha value is 0.980. The van der Waals surface area contributed by atoms with E-state index in [0.29, 0.717) is 0 Å². The first-order valence-corrected chi connectivity index (χ1v) is 3.83. The summed E-state index contributed by atoms with van der Waals surface area (Å²) in [6.45, 7) is 0. The fraction of sp³-hybridized carbons (Fsp3) is 0.333. The molecule has 0 spiro atoms. The number of halogens is 3. The molecule has 1 nitrogen and oxygen atoms in total. The molecule has 0 aliphatic heterocycles. The van der Waals surface area contributed by atoms with Crippen molar-refractivity contribution in [2.24, 2.45) is 0 Å². The van der Waals surface area contributed by atoms with Crippen molar-refractivity contribution in [3.05, 3.63) is 12.3 Å². The molecule has 0 aromatic carbocycles. The normalized spacial score (nSPS) is 13.0. The minimum atomic E-state index is -0.443. The van der Waals surface area contributed by atoms with Gasteiger partial charge in [0.1, 0.15) is 0 Å². The van der Waals surface area contributed by atoms with E-state index in [1.54, 1.807) is 0 Å². The summed E-state index contributed by atoms with van der Waals surface area (Å²) in [6.07, 6.45) is 2.44. The van der Waals surface area contributed by atoms with Crippen LogP contribution in [-0.2, 0) is 0 Å². The van der Waals surface area contributed by atoms with Gasteiger partial charge in [0.15, 0.2) is 2.14 Å². The molecule has 1 N–H and O–H groups in total. The van der Waals surface area contributed by atoms with Gasteiger partial charge in [0.2, 0.25) is 0 Å². The molecular formula is C3H3Br3O. The standard InChI is InChI=1S/C3H3Br3O/c4-3(5,6)1-2-7/h1-2,7H. The Kier molecular flexibility index (Phi) is 3.53. The minimum Gasteiger partial charge on any atom is -0.516 e. The number of rotatable bonds is 0. The van der Waals surface area contributed by atoms with Crippen LogP contribution in [0.25, 0.3) is 0 Å². The van der Waals surface area contributed by atoms with Crippen LogP contribution in [0.15, 0.2) is 12.3 Å². The third-order valence-electron chi connectivity index (χ3n) is 0.264. The van der Waals surface area contributed by atoms with Crippen LogP contribution in [-0.4, -0.2) is 7.25 Å². The van der Waals surface area contributed by atoms with Crippen molar-refractivity contribution in [3.63, 3.8) is 0 Å². The van der Waals surface area contributed by atoms with Crippen LogP contribution in [0.3, 0.4) is 0 Å². The monoisotopic (exact) mass is 292 g/mol. The summed E-state index contributed by atoms with van der Waals surface area (Å²) < 4.78 is -0.443. The van der Waals surface area contributed by atoms with Crippen LogP contribution >= 0.6 is 47.8 Å². The Morgan fingerprint density at radius 1 is 1.29 bits per heavy atom. The van der Waals surface area contributed by atoms with Crippen LogP contribution in [0.5, 0.6) is 0 Å². The fourth-order valence-electron chi connectivity index (χ4n) is 0.0845. The van der Waals surface area contributed by atoms with Crippen molar-refractivity contribution < 1.29 is 5.11 Å². The van der Waals surface area contributed by atoms with Crippen molar-refractivity contribution in [2.75, 3.05) is 0 Å². The van der Waals surface area contributed by atoms with Gasteiger partial charge in [-0.15, -0.1) is 0 Å². The van der Waals surface area contributed by atoms with Gasteiger partial charge in [-0.05, 0) is 6.08 Å². The molecule has 0 radical (unpaired) electrons. The second-order valence-electron chi connectivity index (χ2n) is 0.857. The van der Waals surface area contributed by atoms with E-state index < -0.39 is 2.14 Å². The number of aliphatic hydroxyl groups excluding tert-OH is 1. The second-order valence-corrected chi connectivity index (χ2v) is 7.80. The van der Waals surface area contributed by atoms with E-state index in [-0.39, 0.29) is 0 Å². The van der Waals surface area contributed by atoms with Gasteiger partial charge in [-0.2, -0.15) is 0 Å². The molecule has 0 fully saturated rings. The first-order chi connectivity index (χ1) is 3.06. The van der Waals surface area contributed by atoms with Gasteiger partial charge in [-0.1, -0.05) is 47.8 Å². The molecule has 0 unspecified atom stereocenters. The van der Waals surface area contributed by atoms with Gasteiger partial charge in [-0.25, -0.2) is 0 Å². The lowest BCUT2D eigenvalue weighted by Gasteiger charge is -2.00. The quantitative estimate of drug-likeness (QED) is 0.538. The Morgan fingerprint density at radius 3 is 1.71 bits per heavy atom. The molecule has 0 aromatic heterocycles. The average Bonchev–Trinajstić information content (AvgIpc) is 1.30. The van der Waals surface area contributed by atoms with E-state index in [0.717, 1.165) is 6.26 Å². The molecule has 0 rings (SSSR count). The molecule has 7 heavy (non-hydrogen) atoms. The molecule has 0 saturated heterocycles. The smallest absolute Gasteiger partial charge is 0.156 e. The maximum absolute atomic E-state index is 8.13. The van der Waals surface area contributed by atoms with Gasteiger partial charge >= 0.3 is 0 Å². The maximum Gasteiger partial charge on any atom is 0.156 e. The minimum absolute atomic E-state index is 0.443. The number of aliphatic hydroxyl groups is 1. The highest BCUT2D eigenvalue weighted by atomic mass is 80.0. The summed E-state index contributed by atoms with van der Waals surface area (Å²) in [5, 5.41) is 8.13. The molecule has 0 heterocycles. The van der Waals surface area contributed by atoms with Crippen molar-refractivity contribution in [3.8, 4) is 0 Å². The van der Waals surface area contributed by atoms with Crippen molar-refractivity contribution >= 4 is 47.8 Å². The summed E-state index contributed by atoms with van der Waals surface area (Å²) in [4.78, 5) is 0.